The lowest BCUT2D eigenvalue weighted by Crippen LogP contribution is -2.40. The van der Waals surface area contributed by atoms with Crippen LogP contribution in [0.2, 0.25) is 0 Å². The quantitative estimate of drug-likeness (QED) is 0.174. The van der Waals surface area contributed by atoms with Gasteiger partial charge in [-0.15, -0.1) is 0 Å². The number of anilines is 2. The Kier molecular flexibility index (Phi) is 6.43. The van der Waals surface area contributed by atoms with Crippen molar-refractivity contribution in [3.8, 4) is 11.5 Å². The SMILES string of the molecule is CN(C)c1ccc(C(=O)Oc2cc3c4c(cccc4c2)C(=O)N(c2ccc(OC(=O)C4=CC=CC4)cc2)C3=O)cc1. The number of benzene rings is 4. The van der Waals surface area contributed by atoms with Gasteiger partial charge in [0.2, 0.25) is 0 Å². The topological polar surface area (TPSA) is 93.2 Å². The van der Waals surface area contributed by atoms with Gasteiger partial charge in [0.05, 0.1) is 16.8 Å². The number of carbonyl (C=O) groups excluding carboxylic acids is 4. The first-order valence-corrected chi connectivity index (χ1v) is 12.9. The Morgan fingerprint density at radius 3 is 2.17 bits per heavy atom. The third-order valence-electron chi connectivity index (χ3n) is 6.99. The lowest BCUT2D eigenvalue weighted by atomic mass is 9.93. The van der Waals surface area contributed by atoms with Gasteiger partial charge in [0, 0.05) is 36.3 Å². The number of hydrogen-bond donors (Lipinski definition) is 0. The molecule has 2 aliphatic rings. The van der Waals surface area contributed by atoms with Crippen LogP contribution in [-0.4, -0.2) is 37.8 Å². The van der Waals surface area contributed by atoms with E-state index in [0.29, 0.717) is 45.3 Å². The van der Waals surface area contributed by atoms with Gasteiger partial charge in [-0.2, -0.15) is 0 Å². The molecule has 8 nitrogen and oxygen atoms in total. The van der Waals surface area contributed by atoms with Crippen LogP contribution in [0.15, 0.2) is 103 Å². The maximum absolute atomic E-state index is 13.7. The molecule has 8 heteroatoms. The molecule has 0 fully saturated rings. The Morgan fingerprint density at radius 1 is 0.780 bits per heavy atom. The van der Waals surface area contributed by atoms with Crippen LogP contribution in [-0.2, 0) is 4.79 Å². The summed E-state index contributed by atoms with van der Waals surface area (Å²) in [5, 5.41) is 1.10. The van der Waals surface area contributed by atoms with Crippen LogP contribution in [0.3, 0.4) is 0 Å². The van der Waals surface area contributed by atoms with Gasteiger partial charge in [-0.05, 0) is 78.5 Å². The van der Waals surface area contributed by atoms with Gasteiger partial charge in [-0.1, -0.05) is 30.4 Å². The molecule has 4 aromatic carbocycles. The summed E-state index contributed by atoms with van der Waals surface area (Å²) in [5.41, 5.74) is 2.75. The van der Waals surface area contributed by atoms with E-state index in [1.165, 1.54) is 18.2 Å². The fraction of sp³-hybridized carbons (Fsp3) is 0.0909. The Bertz CT molecular complexity index is 1800. The number of esters is 2. The third kappa shape index (κ3) is 4.76. The standard InChI is InChI=1S/C33H24N2O6/c1-34(2)23-12-10-21(11-13-23)33(39)41-26-18-22-8-5-9-27-29(22)28(19-26)31(37)35(30(27)36)24-14-16-25(17-15-24)40-32(38)20-6-3-4-7-20/h3-6,8-19H,7H2,1-2H3. The minimum Gasteiger partial charge on any atom is -0.423 e. The van der Waals surface area contributed by atoms with Crippen LogP contribution in [0.4, 0.5) is 11.4 Å². The second kappa shape index (κ2) is 10.2. The largest absolute Gasteiger partial charge is 0.423 e. The molecule has 0 saturated carbocycles. The predicted molar refractivity (Wildman–Crippen MR) is 155 cm³/mol. The van der Waals surface area contributed by atoms with E-state index in [9.17, 15) is 19.2 Å². The van der Waals surface area contributed by atoms with Crippen molar-refractivity contribution in [3.05, 3.63) is 119 Å². The smallest absolute Gasteiger partial charge is 0.343 e. The maximum atomic E-state index is 13.7. The van der Waals surface area contributed by atoms with Crippen LogP contribution < -0.4 is 19.3 Å². The minimum absolute atomic E-state index is 0.187. The van der Waals surface area contributed by atoms with Crippen molar-refractivity contribution in [1.29, 1.82) is 0 Å². The summed E-state index contributed by atoms with van der Waals surface area (Å²) < 4.78 is 11.1. The van der Waals surface area contributed by atoms with Gasteiger partial charge in [0.15, 0.2) is 0 Å². The van der Waals surface area contributed by atoms with Crippen molar-refractivity contribution in [2.75, 3.05) is 23.9 Å². The van der Waals surface area contributed by atoms with Gasteiger partial charge in [-0.25, -0.2) is 14.5 Å². The van der Waals surface area contributed by atoms with Gasteiger partial charge in [0.1, 0.15) is 11.5 Å². The molecule has 202 valence electrons. The van der Waals surface area contributed by atoms with E-state index >= 15 is 0 Å². The molecule has 1 heterocycles. The molecule has 4 aromatic rings. The summed E-state index contributed by atoms with van der Waals surface area (Å²) in [6.07, 6.45) is 5.87. The molecule has 0 N–H and O–H groups in total. The zero-order chi connectivity index (χ0) is 28.7. The lowest BCUT2D eigenvalue weighted by Gasteiger charge is -2.27. The normalized spacial score (nSPS) is 13.8. The predicted octanol–water partition coefficient (Wildman–Crippen LogP) is 5.72. The first-order chi connectivity index (χ1) is 19.8. The Morgan fingerprint density at radius 2 is 1.49 bits per heavy atom. The number of amides is 2. The summed E-state index contributed by atoms with van der Waals surface area (Å²) in [4.78, 5) is 55.4. The van der Waals surface area contributed by atoms with E-state index in [2.05, 4.69) is 0 Å². The zero-order valence-corrected chi connectivity index (χ0v) is 22.3. The monoisotopic (exact) mass is 544 g/mol. The summed E-state index contributed by atoms with van der Waals surface area (Å²) in [5.74, 6) is -1.58. The minimum atomic E-state index is -0.566. The second-order valence-corrected chi connectivity index (χ2v) is 9.86. The highest BCUT2D eigenvalue weighted by Crippen LogP contribution is 2.36. The molecule has 6 rings (SSSR count). The Hall–Kier alpha value is -5.50. The van der Waals surface area contributed by atoms with E-state index in [0.717, 1.165) is 10.6 Å². The summed E-state index contributed by atoms with van der Waals surface area (Å²) in [7, 11) is 3.81. The summed E-state index contributed by atoms with van der Waals surface area (Å²) in [6.45, 7) is 0. The summed E-state index contributed by atoms with van der Waals surface area (Å²) in [6, 6.07) is 21.4. The molecule has 0 aromatic heterocycles. The molecule has 0 unspecified atom stereocenters. The molecule has 0 saturated heterocycles. The molecule has 41 heavy (non-hydrogen) atoms. The first-order valence-electron chi connectivity index (χ1n) is 12.9. The van der Waals surface area contributed by atoms with Gasteiger partial charge in [0.25, 0.3) is 11.8 Å². The molecule has 1 aliphatic carbocycles. The Balaban J connectivity index is 1.29. The van der Waals surface area contributed by atoms with Gasteiger partial charge >= 0.3 is 11.9 Å². The molecular weight excluding hydrogens is 520 g/mol. The second-order valence-electron chi connectivity index (χ2n) is 9.86. The first kappa shape index (κ1) is 25.8. The van der Waals surface area contributed by atoms with Crippen molar-refractivity contribution >= 4 is 45.9 Å². The van der Waals surface area contributed by atoms with Crippen LogP contribution in [0.1, 0.15) is 37.5 Å². The van der Waals surface area contributed by atoms with Crippen LogP contribution in [0.25, 0.3) is 10.8 Å². The highest BCUT2D eigenvalue weighted by Gasteiger charge is 2.34. The average molecular weight is 545 g/mol. The molecule has 0 radical (unpaired) electrons. The number of allylic oxidation sites excluding steroid dienone is 3. The molecule has 2 amide bonds. The van der Waals surface area contributed by atoms with E-state index in [1.807, 2.05) is 37.2 Å². The van der Waals surface area contributed by atoms with E-state index < -0.39 is 23.8 Å². The zero-order valence-electron chi connectivity index (χ0n) is 22.3. The molecule has 0 atom stereocenters. The van der Waals surface area contributed by atoms with Gasteiger partial charge < -0.3 is 14.4 Å². The van der Waals surface area contributed by atoms with Crippen LogP contribution in [0, 0.1) is 0 Å². The van der Waals surface area contributed by atoms with Crippen LogP contribution in [0.5, 0.6) is 11.5 Å². The number of imide groups is 1. The number of ether oxygens (including phenoxy) is 2. The molecule has 0 spiro atoms. The molecular formula is C33H24N2O6. The molecule has 0 bridgehead atoms. The highest BCUT2D eigenvalue weighted by molar-refractivity contribution is 6.36. The van der Waals surface area contributed by atoms with E-state index in [-0.39, 0.29) is 11.3 Å². The van der Waals surface area contributed by atoms with Crippen LogP contribution >= 0.6 is 0 Å². The number of hydrogen-bond acceptors (Lipinski definition) is 7. The maximum Gasteiger partial charge on any atom is 0.343 e. The van der Waals surface area contributed by atoms with Gasteiger partial charge in [-0.3, -0.25) is 9.59 Å². The fourth-order valence-electron chi connectivity index (χ4n) is 4.87. The number of carbonyl (C=O) groups is 4. The molecule has 1 aliphatic heterocycles. The van der Waals surface area contributed by atoms with Crippen molar-refractivity contribution in [2.24, 2.45) is 0 Å². The average Bonchev–Trinajstić information content (AvgIpc) is 3.52. The third-order valence-corrected chi connectivity index (χ3v) is 6.99. The summed E-state index contributed by atoms with van der Waals surface area (Å²) >= 11 is 0. The van der Waals surface area contributed by atoms with Crippen molar-refractivity contribution in [2.45, 2.75) is 6.42 Å². The fourth-order valence-corrected chi connectivity index (χ4v) is 4.87. The van der Waals surface area contributed by atoms with E-state index in [4.69, 9.17) is 9.47 Å². The number of rotatable bonds is 6. The number of nitrogens with zero attached hydrogens (tertiary/aromatic N) is 2. The van der Waals surface area contributed by atoms with Crippen molar-refractivity contribution in [3.63, 3.8) is 0 Å². The lowest BCUT2D eigenvalue weighted by molar-refractivity contribution is -0.130. The highest BCUT2D eigenvalue weighted by atomic mass is 16.5. The van der Waals surface area contributed by atoms with Crippen molar-refractivity contribution in [1.82, 2.24) is 0 Å². The Labute approximate surface area is 235 Å². The van der Waals surface area contributed by atoms with E-state index in [1.54, 1.807) is 60.7 Å². The van der Waals surface area contributed by atoms with Crippen molar-refractivity contribution < 1.29 is 28.7 Å².